The van der Waals surface area contributed by atoms with Crippen molar-refractivity contribution in [3.8, 4) is 0 Å². The molecule has 2 atom stereocenters. The van der Waals surface area contributed by atoms with Crippen LogP contribution < -0.4 is 5.32 Å². The second kappa shape index (κ2) is 20.1. The molecule has 0 bridgehead atoms. The molecule has 0 heterocycles. The Morgan fingerprint density at radius 3 is 1.86 bits per heavy atom. The summed E-state index contributed by atoms with van der Waals surface area (Å²) in [6.07, 6.45) is 14.7. The average Bonchev–Trinajstić information content (AvgIpc) is 2.88. The quantitative estimate of drug-likeness (QED) is 0.0552. The maximum atomic E-state index is 12.2. The number of ether oxygens (including phenoxy) is 1. The summed E-state index contributed by atoms with van der Waals surface area (Å²) in [5, 5.41) is 24.0. The van der Waals surface area contributed by atoms with Gasteiger partial charge in [0.2, 0.25) is 0 Å². The first-order valence-corrected chi connectivity index (χ1v) is 14.3. The van der Waals surface area contributed by atoms with Crippen LogP contribution >= 0.6 is 23.2 Å². The molecular formula is C27H42Cl2N2O6. The number of halogens is 2. The van der Waals surface area contributed by atoms with E-state index < -0.39 is 33.8 Å². The van der Waals surface area contributed by atoms with Gasteiger partial charge in [0.25, 0.3) is 11.6 Å². The maximum Gasteiger partial charge on any atom is 0.305 e. The second-order valence-electron chi connectivity index (χ2n) is 9.38. The number of nitrogens with one attached hydrogen (secondary N) is 1. The van der Waals surface area contributed by atoms with Gasteiger partial charge in [-0.3, -0.25) is 19.7 Å². The second-order valence-corrected chi connectivity index (χ2v) is 10.5. The van der Waals surface area contributed by atoms with Gasteiger partial charge in [-0.15, -0.1) is 0 Å². The van der Waals surface area contributed by atoms with E-state index in [0.29, 0.717) is 12.0 Å². The number of non-ortho nitro benzene ring substituents is 1. The summed E-state index contributed by atoms with van der Waals surface area (Å²) in [5.74, 6) is -1.17. The Morgan fingerprint density at radius 2 is 1.41 bits per heavy atom. The number of hydrogen-bond acceptors (Lipinski definition) is 6. The first-order chi connectivity index (χ1) is 17.8. The number of aliphatic hydroxyl groups excluding tert-OH is 1. The predicted octanol–water partition coefficient (Wildman–Crippen LogP) is 6.94. The summed E-state index contributed by atoms with van der Waals surface area (Å²) in [5.41, 5.74) is 0.173. The Balaban J connectivity index is 2.32. The Labute approximate surface area is 230 Å². The standard InChI is InChI=1S/C27H42Cl2N2O6/c1-2-3-4-5-6-7-8-9-10-11-12-13-14-15-24(32)37-20-23(30-27(34)26(28)29)25(33)21-16-18-22(19-17-21)31(35)36/h16-19,23,25-26,33H,2-15,20H2,1H3,(H,30,34)/t23-,25-/m0/s1. The molecule has 0 fully saturated rings. The van der Waals surface area contributed by atoms with Gasteiger partial charge in [-0.05, 0) is 24.1 Å². The fourth-order valence-corrected chi connectivity index (χ4v) is 4.15. The van der Waals surface area contributed by atoms with Crippen molar-refractivity contribution in [3.63, 3.8) is 0 Å². The normalized spacial score (nSPS) is 12.8. The number of rotatable bonds is 21. The molecule has 0 aliphatic rings. The maximum absolute atomic E-state index is 12.2. The van der Waals surface area contributed by atoms with Gasteiger partial charge in [-0.2, -0.15) is 0 Å². The van der Waals surface area contributed by atoms with E-state index in [4.69, 9.17) is 27.9 Å². The average molecular weight is 562 g/mol. The highest BCUT2D eigenvalue weighted by Gasteiger charge is 2.27. The van der Waals surface area contributed by atoms with Gasteiger partial charge in [0.1, 0.15) is 12.7 Å². The van der Waals surface area contributed by atoms with Crippen LogP contribution in [0.3, 0.4) is 0 Å². The number of esters is 1. The minimum absolute atomic E-state index is 0.137. The minimum Gasteiger partial charge on any atom is -0.463 e. The van der Waals surface area contributed by atoms with Crippen molar-refractivity contribution in [3.05, 3.63) is 39.9 Å². The number of aliphatic hydroxyl groups is 1. The van der Waals surface area contributed by atoms with Crippen LogP contribution in [0.15, 0.2) is 24.3 Å². The zero-order valence-electron chi connectivity index (χ0n) is 21.8. The molecule has 1 amide bonds. The Morgan fingerprint density at radius 1 is 0.919 bits per heavy atom. The molecule has 1 rings (SSSR count). The third kappa shape index (κ3) is 15.2. The lowest BCUT2D eigenvalue weighted by Gasteiger charge is -2.24. The Bertz CT molecular complexity index is 792. The molecule has 0 unspecified atom stereocenters. The summed E-state index contributed by atoms with van der Waals surface area (Å²) < 4.78 is 5.29. The van der Waals surface area contributed by atoms with Crippen molar-refractivity contribution >= 4 is 40.8 Å². The fraction of sp³-hybridized carbons (Fsp3) is 0.704. The number of benzene rings is 1. The number of unbranched alkanes of at least 4 members (excludes halogenated alkanes) is 12. The molecule has 0 saturated heterocycles. The van der Waals surface area contributed by atoms with Crippen molar-refractivity contribution in [2.45, 2.75) is 114 Å². The van der Waals surface area contributed by atoms with Crippen molar-refractivity contribution < 1.29 is 24.4 Å². The van der Waals surface area contributed by atoms with Crippen molar-refractivity contribution in [2.75, 3.05) is 6.61 Å². The number of amides is 1. The topological polar surface area (TPSA) is 119 Å². The summed E-state index contributed by atoms with van der Waals surface area (Å²) in [7, 11) is 0. The van der Waals surface area contributed by atoms with Gasteiger partial charge in [-0.1, -0.05) is 107 Å². The highest BCUT2D eigenvalue weighted by atomic mass is 35.5. The smallest absolute Gasteiger partial charge is 0.305 e. The van der Waals surface area contributed by atoms with Crippen molar-refractivity contribution in [2.24, 2.45) is 0 Å². The molecule has 1 aromatic rings. The molecule has 0 saturated carbocycles. The Hall–Kier alpha value is -1.90. The van der Waals surface area contributed by atoms with Crippen LogP contribution in [-0.2, 0) is 14.3 Å². The number of nitro groups is 1. The lowest BCUT2D eigenvalue weighted by molar-refractivity contribution is -0.384. The molecule has 0 aromatic heterocycles. The molecule has 0 aliphatic heterocycles. The molecule has 0 radical (unpaired) electrons. The molecule has 10 heteroatoms. The van der Waals surface area contributed by atoms with Gasteiger partial charge >= 0.3 is 5.97 Å². The monoisotopic (exact) mass is 560 g/mol. The predicted molar refractivity (Wildman–Crippen MR) is 147 cm³/mol. The number of alkyl halides is 2. The molecule has 0 aliphatic carbocycles. The van der Waals surface area contributed by atoms with E-state index in [-0.39, 0.29) is 18.7 Å². The SMILES string of the molecule is CCCCCCCCCCCCCCCC(=O)OC[C@H](NC(=O)C(Cl)Cl)[C@@H](O)c1ccc([N+](=O)[O-])cc1. The lowest BCUT2D eigenvalue weighted by atomic mass is 10.0. The minimum atomic E-state index is -1.37. The third-order valence-electron chi connectivity index (χ3n) is 6.26. The number of hydrogen-bond donors (Lipinski definition) is 2. The molecule has 37 heavy (non-hydrogen) atoms. The van der Waals surface area contributed by atoms with E-state index in [2.05, 4.69) is 12.2 Å². The van der Waals surface area contributed by atoms with Crippen LogP contribution in [0.1, 0.15) is 108 Å². The molecular weight excluding hydrogens is 519 g/mol. The van der Waals surface area contributed by atoms with Gasteiger partial charge in [0, 0.05) is 18.6 Å². The van der Waals surface area contributed by atoms with Crippen LogP contribution in [0.5, 0.6) is 0 Å². The van der Waals surface area contributed by atoms with Crippen LogP contribution in [0, 0.1) is 10.1 Å². The van der Waals surface area contributed by atoms with Crippen LogP contribution in [-0.4, -0.2) is 39.4 Å². The van der Waals surface area contributed by atoms with E-state index >= 15 is 0 Å². The lowest BCUT2D eigenvalue weighted by Crippen LogP contribution is -2.45. The number of nitro benzene ring substituents is 1. The highest BCUT2D eigenvalue weighted by Crippen LogP contribution is 2.22. The number of carbonyl (C=O) groups is 2. The summed E-state index contributed by atoms with van der Waals surface area (Å²) in [6.45, 7) is 1.94. The van der Waals surface area contributed by atoms with Gasteiger partial charge < -0.3 is 15.2 Å². The van der Waals surface area contributed by atoms with Crippen LogP contribution in [0.25, 0.3) is 0 Å². The van der Waals surface area contributed by atoms with Crippen molar-refractivity contribution in [1.29, 1.82) is 0 Å². The fourth-order valence-electron chi connectivity index (χ4n) is 4.02. The van der Waals surface area contributed by atoms with Gasteiger partial charge in [-0.25, -0.2) is 0 Å². The van der Waals surface area contributed by atoms with E-state index in [0.717, 1.165) is 12.8 Å². The molecule has 8 nitrogen and oxygen atoms in total. The molecule has 2 N–H and O–H groups in total. The summed E-state index contributed by atoms with van der Waals surface area (Å²) >= 11 is 11.2. The number of nitrogens with zero attached hydrogens (tertiary/aromatic N) is 1. The van der Waals surface area contributed by atoms with Crippen LogP contribution in [0.4, 0.5) is 5.69 Å². The van der Waals surface area contributed by atoms with Gasteiger partial charge in [0.15, 0.2) is 4.84 Å². The van der Waals surface area contributed by atoms with Crippen LogP contribution in [0.2, 0.25) is 0 Å². The first kappa shape index (κ1) is 33.1. The molecule has 0 spiro atoms. The van der Waals surface area contributed by atoms with E-state index in [1.165, 1.54) is 88.5 Å². The molecule has 1 aromatic carbocycles. The largest absolute Gasteiger partial charge is 0.463 e. The Kier molecular flexibility index (Phi) is 18.0. The molecule has 210 valence electrons. The summed E-state index contributed by atoms with van der Waals surface area (Å²) in [6, 6.07) is 4.20. The first-order valence-electron chi connectivity index (χ1n) is 13.4. The third-order valence-corrected chi connectivity index (χ3v) is 6.66. The van der Waals surface area contributed by atoms with E-state index in [1.807, 2.05) is 0 Å². The van der Waals surface area contributed by atoms with E-state index in [1.54, 1.807) is 0 Å². The van der Waals surface area contributed by atoms with E-state index in [9.17, 15) is 24.8 Å². The van der Waals surface area contributed by atoms with Gasteiger partial charge in [0.05, 0.1) is 11.0 Å². The van der Waals surface area contributed by atoms with Crippen molar-refractivity contribution in [1.82, 2.24) is 5.32 Å². The zero-order valence-corrected chi connectivity index (χ0v) is 23.4. The zero-order chi connectivity index (χ0) is 27.5. The highest BCUT2D eigenvalue weighted by molar-refractivity contribution is 6.53. The number of carbonyl (C=O) groups excluding carboxylic acids is 2. The summed E-state index contributed by atoms with van der Waals surface area (Å²) in [4.78, 5) is 33.1.